The number of likely N-dealkylation sites (tertiary alicyclic amines) is 1. The summed E-state index contributed by atoms with van der Waals surface area (Å²) in [6, 6.07) is 10.1. The third kappa shape index (κ3) is 2.79. The molecular weight excluding hydrogens is 330 g/mol. The van der Waals surface area contributed by atoms with E-state index in [1.807, 2.05) is 66.9 Å². The Kier molecular flexibility index (Phi) is 4.06. The molecule has 3 aromatic rings. The van der Waals surface area contributed by atoms with E-state index in [1.54, 1.807) is 0 Å². The molecule has 0 saturated carbocycles. The standard InChI is InChI=1S/C19H21N5O2/c1-12(18-13(2)21-26-14(18)3)19(25)23-9-16(10-23)24-11-17(20-22-24)15-7-5-4-6-8-15/h4-8,11-12,16H,9-10H2,1-3H3. The highest BCUT2D eigenvalue weighted by Gasteiger charge is 2.36. The highest BCUT2D eigenvalue weighted by Crippen LogP contribution is 2.29. The van der Waals surface area contributed by atoms with Crippen LogP contribution in [0.4, 0.5) is 0 Å². The molecule has 0 spiro atoms. The number of amides is 1. The molecule has 1 aliphatic heterocycles. The molecule has 1 atom stereocenters. The highest BCUT2D eigenvalue weighted by molar-refractivity contribution is 5.84. The van der Waals surface area contributed by atoms with Gasteiger partial charge in [0.2, 0.25) is 5.91 Å². The van der Waals surface area contributed by atoms with Gasteiger partial charge in [0, 0.05) is 24.2 Å². The molecule has 134 valence electrons. The van der Waals surface area contributed by atoms with Gasteiger partial charge in [-0.1, -0.05) is 40.7 Å². The van der Waals surface area contributed by atoms with Gasteiger partial charge in [0.25, 0.3) is 0 Å². The minimum absolute atomic E-state index is 0.0963. The molecule has 0 aliphatic carbocycles. The summed E-state index contributed by atoms with van der Waals surface area (Å²) < 4.78 is 7.04. The van der Waals surface area contributed by atoms with Crippen LogP contribution in [0.5, 0.6) is 0 Å². The first-order valence-electron chi connectivity index (χ1n) is 8.73. The monoisotopic (exact) mass is 351 g/mol. The van der Waals surface area contributed by atoms with Crippen LogP contribution in [0.1, 0.15) is 35.9 Å². The molecule has 7 nitrogen and oxygen atoms in total. The normalized spacial score (nSPS) is 15.7. The van der Waals surface area contributed by atoms with E-state index < -0.39 is 0 Å². The molecule has 1 fully saturated rings. The maximum Gasteiger partial charge on any atom is 0.230 e. The molecule has 1 unspecified atom stereocenters. The lowest BCUT2D eigenvalue weighted by atomic mass is 9.96. The Balaban J connectivity index is 1.41. The molecule has 1 saturated heterocycles. The summed E-state index contributed by atoms with van der Waals surface area (Å²) in [5.41, 5.74) is 3.56. The molecule has 4 rings (SSSR count). The molecule has 7 heteroatoms. The summed E-state index contributed by atoms with van der Waals surface area (Å²) in [6.45, 7) is 6.91. The van der Waals surface area contributed by atoms with Gasteiger partial charge >= 0.3 is 0 Å². The van der Waals surface area contributed by atoms with Crippen LogP contribution in [-0.2, 0) is 4.79 Å². The van der Waals surface area contributed by atoms with Crippen LogP contribution in [0.2, 0.25) is 0 Å². The zero-order chi connectivity index (χ0) is 18.3. The smallest absolute Gasteiger partial charge is 0.230 e. The average Bonchev–Trinajstić information content (AvgIpc) is 3.21. The second-order valence-electron chi connectivity index (χ2n) is 6.81. The summed E-state index contributed by atoms with van der Waals surface area (Å²) in [6.07, 6.45) is 1.94. The van der Waals surface area contributed by atoms with Gasteiger partial charge in [0.1, 0.15) is 11.5 Å². The Morgan fingerprint density at radius 1 is 1.23 bits per heavy atom. The van der Waals surface area contributed by atoms with Crippen LogP contribution in [0, 0.1) is 13.8 Å². The zero-order valence-electron chi connectivity index (χ0n) is 15.1. The van der Waals surface area contributed by atoms with E-state index in [1.165, 1.54) is 0 Å². The van der Waals surface area contributed by atoms with E-state index in [2.05, 4.69) is 15.5 Å². The lowest BCUT2D eigenvalue weighted by Crippen LogP contribution is -2.52. The maximum absolute atomic E-state index is 12.7. The molecule has 2 aromatic heterocycles. The summed E-state index contributed by atoms with van der Waals surface area (Å²) in [5, 5.41) is 12.4. The van der Waals surface area contributed by atoms with E-state index in [0.29, 0.717) is 18.8 Å². The van der Waals surface area contributed by atoms with Gasteiger partial charge in [-0.05, 0) is 20.8 Å². The van der Waals surface area contributed by atoms with Gasteiger partial charge in [0.15, 0.2) is 0 Å². The van der Waals surface area contributed by atoms with Crippen molar-refractivity contribution in [1.82, 2.24) is 25.1 Å². The molecule has 0 radical (unpaired) electrons. The number of nitrogens with zero attached hydrogens (tertiary/aromatic N) is 5. The van der Waals surface area contributed by atoms with Gasteiger partial charge in [-0.3, -0.25) is 4.79 Å². The van der Waals surface area contributed by atoms with Crippen LogP contribution >= 0.6 is 0 Å². The Hall–Kier alpha value is -2.96. The van der Waals surface area contributed by atoms with Crippen LogP contribution in [-0.4, -0.2) is 44.0 Å². The van der Waals surface area contributed by atoms with Crippen LogP contribution in [0.3, 0.4) is 0 Å². The van der Waals surface area contributed by atoms with Crippen molar-refractivity contribution in [2.45, 2.75) is 32.7 Å². The fraction of sp³-hybridized carbons (Fsp3) is 0.368. The summed E-state index contributed by atoms with van der Waals surface area (Å²) in [7, 11) is 0. The zero-order valence-corrected chi connectivity index (χ0v) is 15.1. The van der Waals surface area contributed by atoms with E-state index >= 15 is 0 Å². The predicted molar refractivity (Wildman–Crippen MR) is 95.5 cm³/mol. The molecule has 1 amide bonds. The van der Waals surface area contributed by atoms with E-state index in [4.69, 9.17) is 4.52 Å². The predicted octanol–water partition coefficient (Wildman–Crippen LogP) is 2.74. The fourth-order valence-corrected chi connectivity index (χ4v) is 3.50. The topological polar surface area (TPSA) is 77.0 Å². The van der Waals surface area contributed by atoms with E-state index in [-0.39, 0.29) is 17.9 Å². The van der Waals surface area contributed by atoms with Crippen molar-refractivity contribution in [2.24, 2.45) is 0 Å². The highest BCUT2D eigenvalue weighted by atomic mass is 16.5. The molecule has 26 heavy (non-hydrogen) atoms. The first-order valence-corrected chi connectivity index (χ1v) is 8.73. The van der Waals surface area contributed by atoms with Gasteiger partial charge in [-0.2, -0.15) is 0 Å². The number of carbonyl (C=O) groups excluding carboxylic acids is 1. The molecule has 1 aromatic carbocycles. The largest absolute Gasteiger partial charge is 0.361 e. The fourth-order valence-electron chi connectivity index (χ4n) is 3.50. The number of carbonyl (C=O) groups is 1. The summed E-state index contributed by atoms with van der Waals surface area (Å²) in [4.78, 5) is 14.6. The van der Waals surface area contributed by atoms with Gasteiger partial charge < -0.3 is 9.42 Å². The van der Waals surface area contributed by atoms with Crippen LogP contribution in [0.25, 0.3) is 11.3 Å². The van der Waals surface area contributed by atoms with E-state index in [9.17, 15) is 4.79 Å². The molecular formula is C19H21N5O2. The van der Waals surface area contributed by atoms with Crippen LogP contribution in [0.15, 0.2) is 41.1 Å². The van der Waals surface area contributed by atoms with Gasteiger partial charge in [-0.15, -0.1) is 5.10 Å². The number of aromatic nitrogens is 4. The van der Waals surface area contributed by atoms with Crippen molar-refractivity contribution < 1.29 is 9.32 Å². The Morgan fingerprint density at radius 3 is 2.62 bits per heavy atom. The average molecular weight is 351 g/mol. The quantitative estimate of drug-likeness (QED) is 0.722. The lowest BCUT2D eigenvalue weighted by molar-refractivity contribution is -0.138. The first-order chi connectivity index (χ1) is 12.5. The third-order valence-electron chi connectivity index (χ3n) is 5.02. The number of benzene rings is 1. The number of rotatable bonds is 4. The number of hydrogen-bond acceptors (Lipinski definition) is 5. The summed E-state index contributed by atoms with van der Waals surface area (Å²) in [5.74, 6) is 0.557. The molecule has 0 N–H and O–H groups in total. The third-order valence-corrected chi connectivity index (χ3v) is 5.02. The Morgan fingerprint density at radius 2 is 1.96 bits per heavy atom. The number of aryl methyl sites for hydroxylation is 2. The van der Waals surface area contributed by atoms with Crippen molar-refractivity contribution >= 4 is 5.91 Å². The van der Waals surface area contributed by atoms with Crippen molar-refractivity contribution in [1.29, 1.82) is 0 Å². The molecule has 3 heterocycles. The minimum Gasteiger partial charge on any atom is -0.361 e. The maximum atomic E-state index is 12.7. The van der Waals surface area contributed by atoms with Crippen LogP contribution < -0.4 is 0 Å². The van der Waals surface area contributed by atoms with Gasteiger partial charge in [-0.25, -0.2) is 4.68 Å². The van der Waals surface area contributed by atoms with Crippen molar-refractivity contribution in [2.75, 3.05) is 13.1 Å². The SMILES string of the molecule is Cc1noc(C)c1C(C)C(=O)N1CC(n2cc(-c3ccccc3)nn2)C1. The lowest BCUT2D eigenvalue weighted by Gasteiger charge is -2.40. The van der Waals surface area contributed by atoms with E-state index in [0.717, 1.165) is 22.5 Å². The minimum atomic E-state index is -0.252. The van der Waals surface area contributed by atoms with Crippen molar-refractivity contribution in [3.05, 3.63) is 53.5 Å². The van der Waals surface area contributed by atoms with Crippen molar-refractivity contribution in [3.8, 4) is 11.3 Å². The Bertz CT molecular complexity index is 905. The Labute approximate surface area is 151 Å². The van der Waals surface area contributed by atoms with Gasteiger partial charge in [0.05, 0.1) is 23.9 Å². The second kappa shape index (κ2) is 6.40. The number of hydrogen-bond donors (Lipinski definition) is 0. The van der Waals surface area contributed by atoms with Crippen molar-refractivity contribution in [3.63, 3.8) is 0 Å². The molecule has 0 bridgehead atoms. The summed E-state index contributed by atoms with van der Waals surface area (Å²) >= 11 is 0. The first kappa shape index (κ1) is 16.5. The molecule has 1 aliphatic rings. The second-order valence-corrected chi connectivity index (χ2v) is 6.81.